The van der Waals surface area contributed by atoms with Gasteiger partial charge in [-0.1, -0.05) is 64.4 Å². The first-order valence-corrected chi connectivity index (χ1v) is 15.0. The van der Waals surface area contributed by atoms with E-state index in [9.17, 15) is 30.0 Å². The molecule has 0 heterocycles. The molecule has 38 heavy (non-hydrogen) atoms. The molecule has 0 radical (unpaired) electrons. The van der Waals surface area contributed by atoms with Gasteiger partial charge in [0.15, 0.2) is 5.41 Å². The summed E-state index contributed by atoms with van der Waals surface area (Å²) in [5.74, 6) is 0.248. The number of benzene rings is 1. The first-order valence-electron chi connectivity index (χ1n) is 15.0. The minimum atomic E-state index is -1.68. The van der Waals surface area contributed by atoms with Crippen molar-refractivity contribution in [2.24, 2.45) is 28.6 Å². The molecule has 0 spiro atoms. The molecule has 4 N–H and O–H groups in total. The molecule has 2 fully saturated rings. The summed E-state index contributed by atoms with van der Waals surface area (Å²) in [6.45, 7) is 3.63. The Labute approximate surface area is 227 Å². The number of aliphatic hydroxyl groups excluding tert-OH is 1. The summed E-state index contributed by atoms with van der Waals surface area (Å²) in [4.78, 5) is 22.6. The van der Waals surface area contributed by atoms with Crippen molar-refractivity contribution in [3.05, 3.63) is 29.3 Å². The van der Waals surface area contributed by atoms with Crippen LogP contribution in [0.4, 0.5) is 0 Å². The minimum absolute atomic E-state index is 0.0558. The number of hydrogen-bond acceptors (Lipinski definition) is 4. The monoisotopic (exact) mass is 528 g/mol. The van der Waals surface area contributed by atoms with Crippen LogP contribution < -0.4 is 0 Å². The minimum Gasteiger partial charge on any atom is -0.508 e. The molecule has 6 nitrogen and oxygen atoms in total. The van der Waals surface area contributed by atoms with Crippen molar-refractivity contribution in [2.75, 3.05) is 0 Å². The second-order valence-corrected chi connectivity index (χ2v) is 13.1. The third-order valence-corrected chi connectivity index (χ3v) is 10.8. The Morgan fingerprint density at radius 1 is 0.947 bits per heavy atom. The fourth-order valence-corrected chi connectivity index (χ4v) is 8.28. The molecule has 3 aliphatic rings. The SMILES string of the molecule is CC(CCCCCCCCCCC1Cc2cc(O)ccc2C2CC[C@@]3(C)C(CC[C@@H]3O)C12)(C(=O)O)C(=O)O. The molecule has 1 aromatic carbocycles. The second kappa shape index (κ2) is 12.0. The van der Waals surface area contributed by atoms with Gasteiger partial charge in [0.1, 0.15) is 5.75 Å². The van der Waals surface area contributed by atoms with Gasteiger partial charge in [-0.2, -0.15) is 0 Å². The molecular weight excluding hydrogens is 480 g/mol. The van der Waals surface area contributed by atoms with E-state index in [0.29, 0.717) is 35.8 Å². The molecule has 3 aliphatic carbocycles. The highest BCUT2D eigenvalue weighted by Crippen LogP contribution is 2.62. The van der Waals surface area contributed by atoms with Gasteiger partial charge in [0.05, 0.1) is 6.10 Å². The quantitative estimate of drug-likeness (QED) is 0.163. The van der Waals surface area contributed by atoms with Crippen LogP contribution in [0.3, 0.4) is 0 Å². The van der Waals surface area contributed by atoms with Crippen molar-refractivity contribution in [2.45, 2.75) is 122 Å². The Kier molecular flexibility index (Phi) is 9.11. The lowest BCUT2D eigenvalue weighted by Crippen LogP contribution is -2.47. The molecule has 4 unspecified atom stereocenters. The van der Waals surface area contributed by atoms with E-state index in [-0.39, 0.29) is 17.9 Å². The van der Waals surface area contributed by atoms with Gasteiger partial charge < -0.3 is 20.4 Å². The van der Waals surface area contributed by atoms with Crippen molar-refractivity contribution in [1.82, 2.24) is 0 Å². The molecular formula is C32H48O6. The van der Waals surface area contributed by atoms with Gasteiger partial charge in [-0.05, 0) is 104 Å². The number of aromatic hydroxyl groups is 1. The van der Waals surface area contributed by atoms with Crippen molar-refractivity contribution in [1.29, 1.82) is 0 Å². The number of aliphatic hydroxyl groups is 1. The Morgan fingerprint density at radius 2 is 1.58 bits per heavy atom. The fourth-order valence-electron chi connectivity index (χ4n) is 8.28. The first-order chi connectivity index (χ1) is 18.1. The van der Waals surface area contributed by atoms with E-state index >= 15 is 0 Å². The molecule has 0 amide bonds. The number of carboxylic acid groups (broad SMARTS) is 2. The smallest absolute Gasteiger partial charge is 0.320 e. The molecule has 6 heteroatoms. The van der Waals surface area contributed by atoms with Crippen LogP contribution in [-0.2, 0) is 16.0 Å². The molecule has 0 aromatic heterocycles. The molecule has 2 saturated carbocycles. The Bertz CT molecular complexity index is 974. The molecule has 212 valence electrons. The van der Waals surface area contributed by atoms with E-state index in [0.717, 1.165) is 57.8 Å². The maximum absolute atomic E-state index is 11.3. The van der Waals surface area contributed by atoms with E-state index in [2.05, 4.69) is 13.0 Å². The predicted molar refractivity (Wildman–Crippen MR) is 147 cm³/mol. The van der Waals surface area contributed by atoms with Crippen LogP contribution in [0.2, 0.25) is 0 Å². The average Bonchev–Trinajstić information content (AvgIpc) is 3.18. The van der Waals surface area contributed by atoms with Gasteiger partial charge in [0, 0.05) is 0 Å². The van der Waals surface area contributed by atoms with Crippen LogP contribution >= 0.6 is 0 Å². The van der Waals surface area contributed by atoms with Crippen LogP contribution in [0.5, 0.6) is 5.75 Å². The van der Waals surface area contributed by atoms with Crippen LogP contribution in [0, 0.1) is 28.6 Å². The van der Waals surface area contributed by atoms with Gasteiger partial charge in [0.2, 0.25) is 0 Å². The Hall–Kier alpha value is -2.08. The highest BCUT2D eigenvalue weighted by atomic mass is 16.4. The lowest BCUT2D eigenvalue weighted by atomic mass is 9.52. The summed E-state index contributed by atoms with van der Waals surface area (Å²) in [5.41, 5.74) is 1.16. The third kappa shape index (κ3) is 5.76. The number of aliphatic carboxylic acids is 2. The fraction of sp³-hybridized carbons (Fsp3) is 0.750. The van der Waals surface area contributed by atoms with Crippen molar-refractivity contribution in [3.8, 4) is 5.75 Å². The lowest BCUT2D eigenvalue weighted by Gasteiger charge is -2.53. The first kappa shape index (κ1) is 28.9. The number of fused-ring (bicyclic) bond motifs is 5. The normalized spacial score (nSPS) is 30.3. The topological polar surface area (TPSA) is 115 Å². The van der Waals surface area contributed by atoms with E-state index in [1.807, 2.05) is 12.1 Å². The van der Waals surface area contributed by atoms with E-state index < -0.39 is 17.4 Å². The van der Waals surface area contributed by atoms with E-state index in [4.69, 9.17) is 0 Å². The van der Waals surface area contributed by atoms with Crippen molar-refractivity contribution >= 4 is 11.9 Å². The Morgan fingerprint density at radius 3 is 2.24 bits per heavy atom. The van der Waals surface area contributed by atoms with Crippen LogP contribution in [0.1, 0.15) is 121 Å². The lowest BCUT2D eigenvalue weighted by molar-refractivity contribution is -0.163. The summed E-state index contributed by atoms with van der Waals surface area (Å²) in [6.07, 6.45) is 15.0. The molecule has 0 aliphatic heterocycles. The zero-order chi connectivity index (χ0) is 27.5. The third-order valence-electron chi connectivity index (χ3n) is 10.8. The molecule has 6 atom stereocenters. The van der Waals surface area contributed by atoms with Crippen molar-refractivity contribution < 1.29 is 30.0 Å². The number of phenols is 1. The van der Waals surface area contributed by atoms with Crippen LogP contribution in [-0.4, -0.2) is 38.5 Å². The van der Waals surface area contributed by atoms with Crippen LogP contribution in [0.25, 0.3) is 0 Å². The summed E-state index contributed by atoms with van der Waals surface area (Å²) < 4.78 is 0. The standard InChI is InChI=1S/C32H48O6/c1-31-18-16-25-24-13-12-23(33)20-22(24)19-21(28(25)26(31)14-15-27(31)34)11-9-7-5-3-4-6-8-10-17-32(2,29(35)36)30(37)38/h12-13,20-21,25-28,33-34H,3-11,14-19H2,1-2H3,(H,35,36)(H,37,38)/t21?,25?,26?,27-,28?,31-/m0/s1. The van der Waals surface area contributed by atoms with Crippen LogP contribution in [0.15, 0.2) is 18.2 Å². The summed E-state index contributed by atoms with van der Waals surface area (Å²) in [5, 5.41) is 39.4. The maximum atomic E-state index is 11.3. The van der Waals surface area contributed by atoms with Crippen molar-refractivity contribution in [3.63, 3.8) is 0 Å². The highest BCUT2D eigenvalue weighted by molar-refractivity contribution is 5.97. The largest absolute Gasteiger partial charge is 0.508 e. The molecule has 0 saturated heterocycles. The average molecular weight is 529 g/mol. The van der Waals surface area contributed by atoms with Gasteiger partial charge >= 0.3 is 11.9 Å². The maximum Gasteiger partial charge on any atom is 0.320 e. The van der Waals surface area contributed by atoms with Gasteiger partial charge in [-0.25, -0.2) is 0 Å². The number of hydrogen-bond donors (Lipinski definition) is 4. The predicted octanol–water partition coefficient (Wildman–Crippen LogP) is 6.91. The number of carboxylic acids is 2. The zero-order valence-corrected chi connectivity index (χ0v) is 23.3. The summed E-state index contributed by atoms with van der Waals surface area (Å²) >= 11 is 0. The molecule has 1 aromatic rings. The summed E-state index contributed by atoms with van der Waals surface area (Å²) in [7, 11) is 0. The van der Waals surface area contributed by atoms with Gasteiger partial charge in [0.25, 0.3) is 0 Å². The van der Waals surface area contributed by atoms with Gasteiger partial charge in [-0.3, -0.25) is 9.59 Å². The zero-order valence-electron chi connectivity index (χ0n) is 23.3. The van der Waals surface area contributed by atoms with E-state index in [1.165, 1.54) is 43.7 Å². The molecule has 0 bridgehead atoms. The highest BCUT2D eigenvalue weighted by Gasteiger charge is 2.56. The van der Waals surface area contributed by atoms with Gasteiger partial charge in [-0.15, -0.1) is 0 Å². The summed E-state index contributed by atoms with van der Waals surface area (Å²) in [6, 6.07) is 6.01. The number of carbonyl (C=O) groups is 2. The second-order valence-electron chi connectivity index (χ2n) is 13.1. The Balaban J connectivity index is 1.23. The molecule has 4 rings (SSSR count). The number of phenolic OH excluding ortho intramolecular Hbond substituents is 1. The number of unbranched alkanes of at least 4 members (excludes halogenated alkanes) is 7. The number of rotatable bonds is 13. The van der Waals surface area contributed by atoms with E-state index in [1.54, 1.807) is 0 Å².